The van der Waals surface area contributed by atoms with Crippen LogP contribution >= 0.6 is 11.3 Å². The number of hydrogen-bond donors (Lipinski definition) is 1. The standard InChI is InChI=1S/C22H31N5O2S/c1-3-20-24-19(17-30-20)16-26-11-13-27(14-12-26)21(28)9-10-23-22(29)25(2)15-18-7-5-4-6-8-18/h4-8,17H,3,9-16H2,1-2H3,(H,23,29). The van der Waals surface area contributed by atoms with Crippen molar-refractivity contribution < 1.29 is 9.59 Å². The van der Waals surface area contributed by atoms with E-state index in [-0.39, 0.29) is 11.9 Å². The zero-order valence-corrected chi connectivity index (χ0v) is 18.7. The minimum Gasteiger partial charge on any atom is -0.340 e. The molecule has 1 aliphatic rings. The van der Waals surface area contributed by atoms with Crippen molar-refractivity contribution in [3.05, 3.63) is 52.0 Å². The Bertz CT molecular complexity index is 818. The van der Waals surface area contributed by atoms with Crippen LogP contribution in [0.4, 0.5) is 4.79 Å². The molecule has 30 heavy (non-hydrogen) atoms. The van der Waals surface area contributed by atoms with Crippen LogP contribution in [-0.4, -0.2) is 71.4 Å². The summed E-state index contributed by atoms with van der Waals surface area (Å²) in [5.74, 6) is 0.0996. The number of urea groups is 1. The molecule has 7 nitrogen and oxygen atoms in total. The van der Waals surface area contributed by atoms with E-state index >= 15 is 0 Å². The van der Waals surface area contributed by atoms with Crippen molar-refractivity contribution in [3.8, 4) is 0 Å². The molecule has 8 heteroatoms. The summed E-state index contributed by atoms with van der Waals surface area (Å²) < 4.78 is 0. The maximum atomic E-state index is 12.5. The van der Waals surface area contributed by atoms with Crippen molar-refractivity contribution in [2.75, 3.05) is 39.8 Å². The summed E-state index contributed by atoms with van der Waals surface area (Å²) in [6, 6.07) is 9.69. The molecule has 0 atom stereocenters. The van der Waals surface area contributed by atoms with Gasteiger partial charge in [0.1, 0.15) is 0 Å². The van der Waals surface area contributed by atoms with Crippen molar-refractivity contribution >= 4 is 23.3 Å². The average molecular weight is 430 g/mol. The van der Waals surface area contributed by atoms with Crippen LogP contribution in [0.2, 0.25) is 0 Å². The number of carbonyl (C=O) groups is 2. The third-order valence-corrected chi connectivity index (χ3v) is 6.28. The van der Waals surface area contributed by atoms with Crippen molar-refractivity contribution in [1.82, 2.24) is 25.0 Å². The van der Waals surface area contributed by atoms with E-state index in [9.17, 15) is 9.59 Å². The molecule has 0 saturated carbocycles. The Morgan fingerprint density at radius 3 is 2.57 bits per heavy atom. The van der Waals surface area contributed by atoms with Crippen LogP contribution in [0, 0.1) is 0 Å². The van der Waals surface area contributed by atoms with E-state index in [4.69, 9.17) is 0 Å². The maximum absolute atomic E-state index is 12.5. The quantitative estimate of drug-likeness (QED) is 0.700. The van der Waals surface area contributed by atoms with Gasteiger partial charge in [0.2, 0.25) is 5.91 Å². The molecule has 0 radical (unpaired) electrons. The topological polar surface area (TPSA) is 68.8 Å². The summed E-state index contributed by atoms with van der Waals surface area (Å²) in [5, 5.41) is 6.15. The van der Waals surface area contributed by atoms with Gasteiger partial charge in [0.25, 0.3) is 0 Å². The van der Waals surface area contributed by atoms with Crippen LogP contribution in [0.5, 0.6) is 0 Å². The second-order valence-electron chi connectivity index (χ2n) is 7.57. The second kappa shape index (κ2) is 11.1. The minimum absolute atomic E-state index is 0.0996. The number of amides is 3. The lowest BCUT2D eigenvalue weighted by atomic mass is 10.2. The van der Waals surface area contributed by atoms with Gasteiger partial charge in [0.05, 0.1) is 10.7 Å². The van der Waals surface area contributed by atoms with Gasteiger partial charge in [-0.3, -0.25) is 9.69 Å². The van der Waals surface area contributed by atoms with Crippen molar-refractivity contribution in [2.24, 2.45) is 0 Å². The Morgan fingerprint density at radius 1 is 1.17 bits per heavy atom. The Morgan fingerprint density at radius 2 is 1.90 bits per heavy atom. The molecule has 3 rings (SSSR count). The molecule has 0 spiro atoms. The van der Waals surface area contributed by atoms with Gasteiger partial charge < -0.3 is 15.1 Å². The van der Waals surface area contributed by atoms with Crippen LogP contribution < -0.4 is 5.32 Å². The van der Waals surface area contributed by atoms with Crippen molar-refractivity contribution in [3.63, 3.8) is 0 Å². The lowest BCUT2D eigenvalue weighted by Gasteiger charge is -2.34. The van der Waals surface area contributed by atoms with E-state index in [0.29, 0.717) is 19.5 Å². The summed E-state index contributed by atoms with van der Waals surface area (Å²) >= 11 is 1.72. The largest absolute Gasteiger partial charge is 0.340 e. The molecule has 1 saturated heterocycles. The van der Waals surface area contributed by atoms with E-state index in [0.717, 1.165) is 50.4 Å². The molecular formula is C22H31N5O2S. The fraction of sp³-hybridized carbons (Fsp3) is 0.500. The minimum atomic E-state index is -0.161. The van der Waals surface area contributed by atoms with Crippen LogP contribution in [0.25, 0.3) is 0 Å². The highest BCUT2D eigenvalue weighted by atomic mass is 32.1. The highest BCUT2D eigenvalue weighted by Gasteiger charge is 2.21. The first-order chi connectivity index (χ1) is 14.5. The van der Waals surface area contributed by atoms with Crippen LogP contribution in [0.3, 0.4) is 0 Å². The number of hydrogen-bond acceptors (Lipinski definition) is 5. The normalized spacial score (nSPS) is 14.5. The maximum Gasteiger partial charge on any atom is 0.317 e. The number of nitrogens with zero attached hydrogens (tertiary/aromatic N) is 4. The monoisotopic (exact) mass is 429 g/mol. The lowest BCUT2D eigenvalue weighted by molar-refractivity contribution is -0.132. The third kappa shape index (κ3) is 6.53. The average Bonchev–Trinajstić information content (AvgIpc) is 3.22. The number of rotatable bonds is 8. The molecule has 2 heterocycles. The summed E-state index contributed by atoms with van der Waals surface area (Å²) in [6.45, 7) is 7.04. The molecule has 3 amide bonds. The molecule has 162 valence electrons. The van der Waals surface area contributed by atoms with Crippen molar-refractivity contribution in [1.29, 1.82) is 0 Å². The van der Waals surface area contributed by atoms with Crippen LogP contribution in [-0.2, 0) is 24.3 Å². The number of thiazole rings is 1. The summed E-state index contributed by atoms with van der Waals surface area (Å²) in [4.78, 5) is 35.2. The second-order valence-corrected chi connectivity index (χ2v) is 8.51. The molecule has 0 unspecified atom stereocenters. The highest BCUT2D eigenvalue weighted by Crippen LogP contribution is 2.14. The molecule has 1 aromatic heterocycles. The summed E-state index contributed by atoms with van der Waals surface area (Å²) in [5.41, 5.74) is 2.20. The predicted molar refractivity (Wildman–Crippen MR) is 119 cm³/mol. The van der Waals surface area contributed by atoms with E-state index < -0.39 is 0 Å². The molecule has 1 N–H and O–H groups in total. The number of piperazine rings is 1. The molecular weight excluding hydrogens is 398 g/mol. The van der Waals surface area contributed by atoms with Crippen LogP contribution in [0.1, 0.15) is 29.6 Å². The lowest BCUT2D eigenvalue weighted by Crippen LogP contribution is -2.49. The number of nitrogens with one attached hydrogen (secondary N) is 1. The Kier molecular flexibility index (Phi) is 8.21. The van der Waals surface area contributed by atoms with Gasteiger partial charge in [-0.2, -0.15) is 0 Å². The van der Waals surface area contributed by atoms with E-state index in [1.807, 2.05) is 35.2 Å². The predicted octanol–water partition coefficient (Wildman–Crippen LogP) is 2.58. The number of carbonyl (C=O) groups excluding carboxylic acids is 2. The third-order valence-electron chi connectivity index (χ3n) is 5.24. The first kappa shape index (κ1) is 22.2. The number of aryl methyl sites for hydroxylation is 1. The Labute approximate surface area is 182 Å². The number of aromatic nitrogens is 1. The van der Waals surface area contributed by atoms with Crippen LogP contribution in [0.15, 0.2) is 35.7 Å². The van der Waals surface area contributed by atoms with E-state index in [1.165, 1.54) is 5.01 Å². The Balaban J connectivity index is 1.33. The van der Waals surface area contributed by atoms with E-state index in [2.05, 4.69) is 27.5 Å². The summed E-state index contributed by atoms with van der Waals surface area (Å²) in [7, 11) is 1.76. The Hall–Kier alpha value is -2.45. The van der Waals surface area contributed by atoms with Gasteiger partial charge in [-0.15, -0.1) is 11.3 Å². The first-order valence-corrected chi connectivity index (χ1v) is 11.4. The fourth-order valence-electron chi connectivity index (χ4n) is 3.47. The van der Waals surface area contributed by atoms with Gasteiger partial charge in [-0.1, -0.05) is 37.3 Å². The van der Waals surface area contributed by atoms with E-state index in [1.54, 1.807) is 23.3 Å². The molecule has 0 bridgehead atoms. The van der Waals surface area contributed by atoms with Gasteiger partial charge in [0, 0.05) is 64.7 Å². The van der Waals surface area contributed by atoms with Gasteiger partial charge >= 0.3 is 6.03 Å². The first-order valence-electron chi connectivity index (χ1n) is 10.5. The number of benzene rings is 1. The highest BCUT2D eigenvalue weighted by molar-refractivity contribution is 7.09. The van der Waals surface area contributed by atoms with Gasteiger partial charge in [0.15, 0.2) is 0 Å². The summed E-state index contributed by atoms with van der Waals surface area (Å²) in [6.07, 6.45) is 1.31. The molecule has 1 aliphatic heterocycles. The molecule has 1 fully saturated rings. The van der Waals surface area contributed by atoms with Gasteiger partial charge in [-0.05, 0) is 12.0 Å². The zero-order valence-electron chi connectivity index (χ0n) is 17.8. The molecule has 2 aromatic rings. The fourth-order valence-corrected chi connectivity index (χ4v) is 4.20. The SMILES string of the molecule is CCc1nc(CN2CCN(C(=O)CCNC(=O)N(C)Cc3ccccc3)CC2)cs1. The van der Waals surface area contributed by atoms with Gasteiger partial charge in [-0.25, -0.2) is 9.78 Å². The van der Waals surface area contributed by atoms with Crippen molar-refractivity contribution in [2.45, 2.75) is 32.9 Å². The zero-order chi connectivity index (χ0) is 21.3. The molecule has 1 aromatic carbocycles. The molecule has 0 aliphatic carbocycles. The smallest absolute Gasteiger partial charge is 0.317 e.